The van der Waals surface area contributed by atoms with Gasteiger partial charge in [0, 0.05) is 36.4 Å². The summed E-state index contributed by atoms with van der Waals surface area (Å²) in [6.07, 6.45) is 6.69. The van der Waals surface area contributed by atoms with Crippen LogP contribution in [0.15, 0.2) is 52.2 Å². The molecular formula is C25H25N3O4S. The number of nitrogens with one attached hydrogen (secondary N) is 1. The van der Waals surface area contributed by atoms with Crippen molar-refractivity contribution in [2.75, 3.05) is 13.1 Å². The zero-order chi connectivity index (χ0) is 23.5. The van der Waals surface area contributed by atoms with Crippen LogP contribution in [0, 0.1) is 6.92 Å². The second kappa shape index (κ2) is 9.62. The molecule has 4 rings (SSSR count). The predicted octanol–water partition coefficient (Wildman–Crippen LogP) is 4.65. The molecule has 1 N–H and O–H groups in total. The molecule has 0 aliphatic carbocycles. The Hall–Kier alpha value is -3.39. The van der Waals surface area contributed by atoms with Gasteiger partial charge in [-0.05, 0) is 65.6 Å². The molecule has 0 spiro atoms. The van der Waals surface area contributed by atoms with E-state index in [0.29, 0.717) is 10.8 Å². The Morgan fingerprint density at radius 1 is 1.30 bits per heavy atom. The number of imide groups is 1. The van der Waals surface area contributed by atoms with E-state index in [9.17, 15) is 14.4 Å². The van der Waals surface area contributed by atoms with Crippen molar-refractivity contribution in [1.82, 2.24) is 15.2 Å². The van der Waals surface area contributed by atoms with Crippen LogP contribution in [0.3, 0.4) is 0 Å². The molecule has 3 amide bonds. The van der Waals surface area contributed by atoms with Crippen molar-refractivity contribution in [1.29, 1.82) is 0 Å². The highest BCUT2D eigenvalue weighted by Crippen LogP contribution is 2.32. The summed E-state index contributed by atoms with van der Waals surface area (Å²) in [5, 5.41) is 3.39. The summed E-state index contributed by atoms with van der Waals surface area (Å²) < 4.78 is 5.65. The van der Waals surface area contributed by atoms with Crippen LogP contribution >= 0.6 is 11.8 Å². The summed E-state index contributed by atoms with van der Waals surface area (Å²) in [6, 6.07) is 7.67. The lowest BCUT2D eigenvalue weighted by molar-refractivity contribution is -0.124. The Kier molecular flexibility index (Phi) is 6.65. The van der Waals surface area contributed by atoms with Gasteiger partial charge in [-0.15, -0.1) is 0 Å². The zero-order valence-corrected chi connectivity index (χ0v) is 19.6. The van der Waals surface area contributed by atoms with Crippen molar-refractivity contribution in [3.05, 3.63) is 70.1 Å². The van der Waals surface area contributed by atoms with Crippen molar-refractivity contribution in [3.63, 3.8) is 0 Å². The molecule has 2 aromatic heterocycles. The van der Waals surface area contributed by atoms with Crippen LogP contribution in [-0.2, 0) is 16.0 Å². The van der Waals surface area contributed by atoms with E-state index in [4.69, 9.17) is 4.42 Å². The van der Waals surface area contributed by atoms with Gasteiger partial charge in [0.05, 0.1) is 17.6 Å². The van der Waals surface area contributed by atoms with Crippen molar-refractivity contribution >= 4 is 45.9 Å². The summed E-state index contributed by atoms with van der Waals surface area (Å²) >= 11 is 0.891. The fourth-order valence-electron chi connectivity index (χ4n) is 3.85. The van der Waals surface area contributed by atoms with E-state index in [-0.39, 0.29) is 36.6 Å². The van der Waals surface area contributed by atoms with E-state index in [1.54, 1.807) is 30.8 Å². The molecular weight excluding hydrogens is 438 g/mol. The Morgan fingerprint density at radius 2 is 2.12 bits per heavy atom. The summed E-state index contributed by atoms with van der Waals surface area (Å²) in [5.74, 6) is -0.181. The molecule has 8 heteroatoms. The first-order valence-electron chi connectivity index (χ1n) is 10.8. The molecule has 0 radical (unpaired) electrons. The number of hydrogen-bond donors (Lipinski definition) is 1. The van der Waals surface area contributed by atoms with Gasteiger partial charge in [0.1, 0.15) is 5.58 Å². The van der Waals surface area contributed by atoms with E-state index >= 15 is 0 Å². The highest BCUT2D eigenvalue weighted by atomic mass is 32.2. The first-order valence-corrected chi connectivity index (χ1v) is 11.6. The first kappa shape index (κ1) is 22.8. The maximum atomic E-state index is 12.6. The summed E-state index contributed by atoms with van der Waals surface area (Å²) in [6.45, 7) is 6.63. The van der Waals surface area contributed by atoms with Gasteiger partial charge >= 0.3 is 0 Å². The lowest BCUT2D eigenvalue weighted by Gasteiger charge is -2.13. The van der Waals surface area contributed by atoms with Crippen LogP contribution in [-0.4, -0.2) is 40.0 Å². The number of aryl methyl sites for hydroxylation is 1. The largest absolute Gasteiger partial charge is 0.464 e. The van der Waals surface area contributed by atoms with Crippen LogP contribution in [0.2, 0.25) is 0 Å². The number of hydrogen-bond acceptors (Lipinski definition) is 6. The van der Waals surface area contributed by atoms with Gasteiger partial charge in [-0.1, -0.05) is 19.9 Å². The minimum atomic E-state index is -0.361. The van der Waals surface area contributed by atoms with Gasteiger partial charge in [0.25, 0.3) is 11.1 Å². The average molecular weight is 464 g/mol. The number of rotatable bonds is 7. The number of pyridine rings is 1. The highest BCUT2D eigenvalue weighted by molar-refractivity contribution is 8.18. The minimum Gasteiger partial charge on any atom is -0.464 e. The summed E-state index contributed by atoms with van der Waals surface area (Å²) in [7, 11) is 0. The number of furan rings is 1. The maximum absolute atomic E-state index is 12.6. The second-order valence-electron chi connectivity index (χ2n) is 8.27. The van der Waals surface area contributed by atoms with Crippen LogP contribution in [0.1, 0.15) is 42.0 Å². The van der Waals surface area contributed by atoms with Gasteiger partial charge in [-0.2, -0.15) is 0 Å². The van der Waals surface area contributed by atoms with E-state index in [1.165, 1.54) is 5.56 Å². The monoisotopic (exact) mass is 463 g/mol. The maximum Gasteiger partial charge on any atom is 0.293 e. The molecule has 1 saturated heterocycles. The molecule has 3 heterocycles. The predicted molar refractivity (Wildman–Crippen MR) is 129 cm³/mol. The Labute approximate surface area is 196 Å². The molecule has 33 heavy (non-hydrogen) atoms. The SMILES string of the molecule is Cc1cc2occ(CC(=O)NCCN3C(=O)SC(=Cc4cccnc4)C3=O)c2cc1C(C)C. The number of aromatic nitrogens is 1. The lowest BCUT2D eigenvalue weighted by atomic mass is 9.95. The highest BCUT2D eigenvalue weighted by Gasteiger charge is 2.34. The molecule has 7 nitrogen and oxygen atoms in total. The Balaban J connectivity index is 1.35. The fourth-order valence-corrected chi connectivity index (χ4v) is 4.72. The number of benzene rings is 1. The van der Waals surface area contributed by atoms with E-state index in [0.717, 1.165) is 44.3 Å². The number of fused-ring (bicyclic) bond motifs is 1. The van der Waals surface area contributed by atoms with E-state index in [1.807, 2.05) is 12.1 Å². The minimum absolute atomic E-state index is 0.115. The normalized spacial score (nSPS) is 15.3. The lowest BCUT2D eigenvalue weighted by Crippen LogP contribution is -2.37. The average Bonchev–Trinajstić information content (AvgIpc) is 3.28. The molecule has 1 aliphatic heterocycles. The van der Waals surface area contributed by atoms with E-state index in [2.05, 4.69) is 37.1 Å². The van der Waals surface area contributed by atoms with Gasteiger partial charge in [0.15, 0.2) is 0 Å². The van der Waals surface area contributed by atoms with Gasteiger partial charge < -0.3 is 9.73 Å². The third-order valence-corrected chi connectivity index (χ3v) is 6.44. The molecule has 1 aliphatic rings. The van der Waals surface area contributed by atoms with Gasteiger partial charge in [0.2, 0.25) is 5.91 Å². The van der Waals surface area contributed by atoms with Gasteiger partial charge in [-0.25, -0.2) is 0 Å². The molecule has 0 bridgehead atoms. The molecule has 0 unspecified atom stereocenters. The van der Waals surface area contributed by atoms with E-state index < -0.39 is 0 Å². The summed E-state index contributed by atoms with van der Waals surface area (Å²) in [5.41, 5.74) is 4.72. The second-order valence-corrected chi connectivity index (χ2v) is 9.26. The Bertz CT molecular complexity index is 1250. The van der Waals surface area contributed by atoms with Crippen molar-refractivity contribution in [3.8, 4) is 0 Å². The number of amides is 3. The first-order chi connectivity index (χ1) is 15.8. The quantitative estimate of drug-likeness (QED) is 0.513. The smallest absolute Gasteiger partial charge is 0.293 e. The van der Waals surface area contributed by atoms with Gasteiger partial charge in [-0.3, -0.25) is 24.3 Å². The Morgan fingerprint density at radius 3 is 2.85 bits per heavy atom. The zero-order valence-electron chi connectivity index (χ0n) is 18.8. The topological polar surface area (TPSA) is 92.5 Å². The van der Waals surface area contributed by atoms with Crippen LogP contribution in [0.5, 0.6) is 0 Å². The number of thioether (sulfide) groups is 1. The third kappa shape index (κ3) is 5.01. The third-order valence-electron chi connectivity index (χ3n) is 5.53. The van der Waals surface area contributed by atoms with Crippen molar-refractivity contribution in [2.24, 2.45) is 0 Å². The van der Waals surface area contributed by atoms with Crippen LogP contribution < -0.4 is 5.32 Å². The molecule has 1 aromatic carbocycles. The molecule has 1 fully saturated rings. The van der Waals surface area contributed by atoms with Crippen LogP contribution in [0.4, 0.5) is 4.79 Å². The van der Waals surface area contributed by atoms with Crippen molar-refractivity contribution < 1.29 is 18.8 Å². The molecule has 3 aromatic rings. The summed E-state index contributed by atoms with van der Waals surface area (Å²) in [4.78, 5) is 42.9. The number of carbonyl (C=O) groups excluding carboxylic acids is 3. The molecule has 0 atom stereocenters. The standard InChI is InChI=1S/C25H25N3O4S/c1-15(2)19-12-20-18(14-32-21(20)9-16(19)3)11-23(29)27-7-8-28-24(30)22(33-25(28)31)10-17-5-4-6-26-13-17/h4-6,9-10,12-15H,7-8,11H2,1-3H3,(H,27,29). The molecule has 170 valence electrons. The van der Waals surface area contributed by atoms with Crippen LogP contribution in [0.25, 0.3) is 17.0 Å². The molecule has 0 saturated carbocycles. The fraction of sp³-hybridized carbons (Fsp3) is 0.280. The van der Waals surface area contributed by atoms with Crippen molar-refractivity contribution in [2.45, 2.75) is 33.1 Å². The number of carbonyl (C=O) groups is 3. The number of nitrogens with zero attached hydrogens (tertiary/aromatic N) is 2.